The lowest BCUT2D eigenvalue weighted by Crippen LogP contribution is -2.37. The first-order valence-corrected chi connectivity index (χ1v) is 9.60. The maximum atomic E-state index is 4.70. The minimum Gasteiger partial charge on any atom is -0.351 e. The molecule has 0 radical (unpaired) electrons. The summed E-state index contributed by atoms with van der Waals surface area (Å²) in [6, 6.07) is 4.61. The van der Waals surface area contributed by atoms with Gasteiger partial charge in [0.2, 0.25) is 5.95 Å². The van der Waals surface area contributed by atoms with E-state index in [4.69, 9.17) is 4.98 Å². The number of hydrogen-bond acceptors (Lipinski definition) is 5. The Bertz CT molecular complexity index is 1150. The van der Waals surface area contributed by atoms with Crippen molar-refractivity contribution >= 4 is 28.6 Å². The average molecular weight is 373 g/mol. The van der Waals surface area contributed by atoms with Gasteiger partial charge in [0.25, 0.3) is 0 Å². The monoisotopic (exact) mass is 373 g/mol. The van der Waals surface area contributed by atoms with Crippen LogP contribution in [0.5, 0.6) is 0 Å². The summed E-state index contributed by atoms with van der Waals surface area (Å²) in [6.45, 7) is 6.08. The number of rotatable bonds is 4. The van der Waals surface area contributed by atoms with Gasteiger partial charge < -0.3 is 15.2 Å². The van der Waals surface area contributed by atoms with Crippen LogP contribution in [0.1, 0.15) is 18.4 Å². The first kappa shape index (κ1) is 16.9. The second kappa shape index (κ2) is 6.76. The van der Waals surface area contributed by atoms with Crippen LogP contribution < -0.4 is 5.32 Å². The zero-order valence-corrected chi connectivity index (χ0v) is 15.9. The van der Waals surface area contributed by atoms with Gasteiger partial charge in [-0.1, -0.05) is 12.7 Å². The molecule has 1 saturated heterocycles. The van der Waals surface area contributed by atoms with Gasteiger partial charge in [0.1, 0.15) is 5.65 Å². The largest absolute Gasteiger partial charge is 0.351 e. The number of nitrogens with one attached hydrogen (secondary N) is 2. The van der Waals surface area contributed by atoms with Crippen molar-refractivity contribution in [1.82, 2.24) is 29.5 Å². The molecule has 7 heteroatoms. The second-order valence-corrected chi connectivity index (χ2v) is 7.43. The Morgan fingerprint density at radius 1 is 1.29 bits per heavy atom. The van der Waals surface area contributed by atoms with Gasteiger partial charge in [-0.25, -0.2) is 9.50 Å². The van der Waals surface area contributed by atoms with Gasteiger partial charge in [-0.15, -0.1) is 0 Å². The quantitative estimate of drug-likeness (QED) is 0.573. The highest BCUT2D eigenvalue weighted by molar-refractivity contribution is 5.94. The minimum absolute atomic E-state index is 0.435. The first-order valence-electron chi connectivity index (χ1n) is 9.60. The number of hydrogen-bond donors (Lipinski definition) is 2. The third-order valence-electron chi connectivity index (χ3n) is 5.57. The Kier molecular flexibility index (Phi) is 4.09. The van der Waals surface area contributed by atoms with E-state index in [1.165, 1.54) is 0 Å². The van der Waals surface area contributed by atoms with E-state index < -0.39 is 0 Å². The van der Waals surface area contributed by atoms with Crippen LogP contribution >= 0.6 is 0 Å². The lowest BCUT2D eigenvalue weighted by molar-refractivity contribution is 0.263. The van der Waals surface area contributed by atoms with E-state index in [9.17, 15) is 0 Å². The summed E-state index contributed by atoms with van der Waals surface area (Å²) in [7, 11) is 2.17. The molecule has 4 aromatic heterocycles. The van der Waals surface area contributed by atoms with Crippen molar-refractivity contribution < 1.29 is 0 Å². The molecule has 5 heterocycles. The summed E-state index contributed by atoms with van der Waals surface area (Å²) < 4.78 is 1.86. The molecule has 0 spiro atoms. The third kappa shape index (κ3) is 2.93. The van der Waals surface area contributed by atoms with Crippen molar-refractivity contribution in [3.05, 3.63) is 49.1 Å². The molecule has 5 rings (SSSR count). The number of nitrogens with zero attached hydrogens (tertiary/aromatic N) is 5. The SMILES string of the molecule is C=Cc1cnn2ccc(-c3c[nH]c4nc(NC5CCN(C)CC5)ncc34)cc12. The summed E-state index contributed by atoms with van der Waals surface area (Å²) in [5.74, 6) is 0.690. The first-order chi connectivity index (χ1) is 13.7. The molecule has 0 unspecified atom stereocenters. The average Bonchev–Trinajstić information content (AvgIpc) is 3.32. The van der Waals surface area contributed by atoms with Crippen LogP contribution in [-0.2, 0) is 0 Å². The Labute approximate surface area is 163 Å². The maximum absolute atomic E-state index is 4.70. The molecule has 0 amide bonds. The fourth-order valence-corrected chi connectivity index (χ4v) is 3.88. The van der Waals surface area contributed by atoms with Crippen LogP contribution in [0.15, 0.2) is 43.5 Å². The Hall–Kier alpha value is -3.19. The van der Waals surface area contributed by atoms with E-state index in [1.54, 1.807) is 0 Å². The predicted octanol–water partition coefficient (Wildman–Crippen LogP) is 3.42. The number of anilines is 1. The van der Waals surface area contributed by atoms with E-state index >= 15 is 0 Å². The molecule has 1 aliphatic rings. The van der Waals surface area contributed by atoms with Crippen molar-refractivity contribution in [3.63, 3.8) is 0 Å². The summed E-state index contributed by atoms with van der Waals surface area (Å²) >= 11 is 0. The van der Waals surface area contributed by atoms with Gasteiger partial charge in [-0.2, -0.15) is 10.1 Å². The van der Waals surface area contributed by atoms with Gasteiger partial charge in [0, 0.05) is 41.1 Å². The van der Waals surface area contributed by atoms with E-state index in [2.05, 4.69) is 51.0 Å². The van der Waals surface area contributed by atoms with Gasteiger partial charge in [-0.05, 0) is 50.7 Å². The van der Waals surface area contributed by atoms with E-state index in [0.717, 1.165) is 59.2 Å². The Balaban J connectivity index is 1.46. The highest BCUT2D eigenvalue weighted by atomic mass is 15.2. The number of H-pyrrole nitrogens is 1. The number of aromatic amines is 1. The lowest BCUT2D eigenvalue weighted by Gasteiger charge is -2.29. The molecule has 0 aromatic carbocycles. The van der Waals surface area contributed by atoms with Gasteiger partial charge in [0.05, 0.1) is 11.7 Å². The van der Waals surface area contributed by atoms with E-state index in [-0.39, 0.29) is 0 Å². The number of likely N-dealkylation sites (tertiary alicyclic amines) is 1. The van der Waals surface area contributed by atoms with Crippen LogP contribution in [0.4, 0.5) is 5.95 Å². The fourth-order valence-electron chi connectivity index (χ4n) is 3.88. The van der Waals surface area contributed by atoms with E-state index in [1.807, 2.05) is 35.4 Å². The summed E-state index contributed by atoms with van der Waals surface area (Å²) in [6.07, 6.45) is 11.7. The van der Waals surface area contributed by atoms with Crippen molar-refractivity contribution in [2.24, 2.45) is 0 Å². The molecule has 0 bridgehead atoms. The maximum Gasteiger partial charge on any atom is 0.224 e. The Morgan fingerprint density at radius 3 is 2.96 bits per heavy atom. The molecule has 1 aliphatic heterocycles. The van der Waals surface area contributed by atoms with Crippen molar-refractivity contribution in [2.75, 3.05) is 25.5 Å². The van der Waals surface area contributed by atoms with Crippen LogP contribution in [0, 0.1) is 0 Å². The molecule has 7 nitrogen and oxygen atoms in total. The third-order valence-corrected chi connectivity index (χ3v) is 5.57. The number of pyridine rings is 1. The zero-order chi connectivity index (χ0) is 19.1. The minimum atomic E-state index is 0.435. The van der Waals surface area contributed by atoms with Gasteiger partial charge >= 0.3 is 0 Å². The number of fused-ring (bicyclic) bond motifs is 2. The summed E-state index contributed by atoms with van der Waals surface area (Å²) in [4.78, 5) is 14.9. The number of aromatic nitrogens is 5. The molecule has 2 N–H and O–H groups in total. The van der Waals surface area contributed by atoms with Crippen molar-refractivity contribution in [2.45, 2.75) is 18.9 Å². The second-order valence-electron chi connectivity index (χ2n) is 7.43. The Morgan fingerprint density at radius 2 is 2.14 bits per heavy atom. The van der Waals surface area contributed by atoms with Crippen LogP contribution in [-0.4, -0.2) is 55.6 Å². The molecular weight excluding hydrogens is 350 g/mol. The smallest absolute Gasteiger partial charge is 0.224 e. The predicted molar refractivity (Wildman–Crippen MR) is 112 cm³/mol. The normalized spacial score (nSPS) is 16.0. The van der Waals surface area contributed by atoms with Crippen LogP contribution in [0.3, 0.4) is 0 Å². The lowest BCUT2D eigenvalue weighted by atomic mass is 10.1. The number of piperidine rings is 1. The summed E-state index contributed by atoms with van der Waals surface area (Å²) in [5, 5.41) is 8.85. The molecular formula is C21H23N7. The molecule has 28 heavy (non-hydrogen) atoms. The standard InChI is InChI=1S/C21H23N7/c1-3-14-11-24-28-9-4-15(10-19(14)28)17-12-22-20-18(17)13-23-21(26-20)25-16-5-7-27(2)8-6-16/h3-4,9-13,16H,1,5-8H2,2H3,(H2,22,23,25,26). The summed E-state index contributed by atoms with van der Waals surface area (Å²) in [5.41, 5.74) is 5.07. The molecule has 0 atom stereocenters. The van der Waals surface area contributed by atoms with Crippen molar-refractivity contribution in [3.8, 4) is 11.1 Å². The topological polar surface area (TPSA) is 74.1 Å². The fraction of sp³-hybridized carbons (Fsp3) is 0.286. The van der Waals surface area contributed by atoms with Crippen LogP contribution in [0.25, 0.3) is 33.8 Å². The van der Waals surface area contributed by atoms with Crippen molar-refractivity contribution in [1.29, 1.82) is 0 Å². The van der Waals surface area contributed by atoms with Gasteiger partial charge in [0.15, 0.2) is 0 Å². The van der Waals surface area contributed by atoms with Gasteiger partial charge in [-0.3, -0.25) is 0 Å². The molecule has 0 aliphatic carbocycles. The zero-order valence-electron chi connectivity index (χ0n) is 15.9. The van der Waals surface area contributed by atoms with E-state index in [0.29, 0.717) is 12.0 Å². The molecule has 142 valence electrons. The molecule has 1 fully saturated rings. The highest BCUT2D eigenvalue weighted by Gasteiger charge is 2.18. The molecule has 4 aromatic rings. The molecule has 0 saturated carbocycles. The van der Waals surface area contributed by atoms with Crippen LogP contribution in [0.2, 0.25) is 0 Å². The highest BCUT2D eigenvalue weighted by Crippen LogP contribution is 2.29.